The second-order valence-electron chi connectivity index (χ2n) is 1.91. The predicted molar refractivity (Wildman–Crippen MR) is 53.6 cm³/mol. The molecule has 0 aromatic rings. The normalized spacial score (nSPS) is 8.40. The molecular formula is C7H17NS2. The molecule has 0 aliphatic carbocycles. The lowest BCUT2D eigenvalue weighted by molar-refractivity contribution is -0.894. The van der Waals surface area contributed by atoms with Gasteiger partial charge in [0.25, 0.3) is 0 Å². The van der Waals surface area contributed by atoms with Crippen molar-refractivity contribution in [2.24, 2.45) is 0 Å². The molecule has 10 heavy (non-hydrogen) atoms. The van der Waals surface area contributed by atoms with Crippen molar-refractivity contribution in [3.05, 3.63) is 0 Å². The van der Waals surface area contributed by atoms with Crippen LogP contribution in [0.4, 0.5) is 0 Å². The molecule has 0 aliphatic heterocycles. The minimum atomic E-state index is 1.17. The molecule has 3 heteroatoms. The molecule has 0 aromatic carbocycles. The molecule has 0 fully saturated rings. The summed E-state index contributed by atoms with van der Waals surface area (Å²) in [6, 6.07) is 0. The zero-order chi connectivity index (χ0) is 8.41. The maximum atomic E-state index is 4.08. The molecule has 0 atom stereocenters. The zero-order valence-electron chi connectivity index (χ0n) is 7.02. The summed E-state index contributed by atoms with van der Waals surface area (Å²) in [5.74, 6) is 0. The summed E-state index contributed by atoms with van der Waals surface area (Å²) in [6.45, 7) is 10.5. The molecule has 0 rings (SSSR count). The number of thiocarbonyl (C=S) groups is 1. The minimum Gasteiger partial charge on any atom is -0.436 e. The van der Waals surface area contributed by atoms with Crippen LogP contribution in [-0.2, 0) is 12.6 Å². The van der Waals surface area contributed by atoms with E-state index in [9.17, 15) is 0 Å². The van der Waals surface area contributed by atoms with Gasteiger partial charge in [-0.25, -0.2) is 0 Å². The van der Waals surface area contributed by atoms with Crippen molar-refractivity contribution in [3.8, 4) is 0 Å². The third-order valence-electron chi connectivity index (χ3n) is 1.50. The van der Waals surface area contributed by atoms with Gasteiger partial charge in [0.1, 0.15) is 0 Å². The smallest absolute Gasteiger partial charge is 0.0742 e. The van der Waals surface area contributed by atoms with Gasteiger partial charge in [-0.2, -0.15) is 4.70 Å². The lowest BCUT2D eigenvalue weighted by Gasteiger charge is -2.10. The van der Waals surface area contributed by atoms with Gasteiger partial charge >= 0.3 is 0 Å². The first-order valence-corrected chi connectivity index (χ1v) is 4.60. The Hall–Kier alpha value is 0.270. The Labute approximate surface area is 75.2 Å². The molecule has 0 amide bonds. The number of quaternary nitrogens is 1. The Kier molecular flexibility index (Phi) is 15.5. The van der Waals surface area contributed by atoms with Gasteiger partial charge in [0.05, 0.1) is 19.6 Å². The van der Waals surface area contributed by atoms with Crippen molar-refractivity contribution in [2.75, 3.05) is 19.6 Å². The molecule has 0 unspecified atom stereocenters. The monoisotopic (exact) mass is 179 g/mol. The molecule has 0 saturated heterocycles. The second kappa shape index (κ2) is 12.0. The van der Waals surface area contributed by atoms with Gasteiger partial charge in [0.15, 0.2) is 0 Å². The van der Waals surface area contributed by atoms with E-state index < -0.39 is 0 Å². The highest BCUT2D eigenvalue weighted by Gasteiger charge is 1.92. The molecule has 1 N–H and O–H groups in total. The molecule has 1 nitrogen and oxygen atoms in total. The summed E-state index contributed by atoms with van der Waals surface area (Å²) >= 11 is 8.17. The first kappa shape index (κ1) is 12.9. The van der Waals surface area contributed by atoms with Gasteiger partial charge in [-0.05, 0) is 20.8 Å². The standard InChI is InChI=1S/C6H15N.CH2S2/c1-4-7(5-2)6-3;2-1-3/h4-6H2,1-3H3;1H,(H,2,3). The summed E-state index contributed by atoms with van der Waals surface area (Å²) in [5, 5.41) is 0. The highest BCUT2D eigenvalue weighted by Crippen LogP contribution is 1.45. The van der Waals surface area contributed by atoms with Crippen LogP contribution in [0.25, 0.3) is 0 Å². The zero-order valence-corrected chi connectivity index (χ0v) is 8.65. The lowest BCUT2D eigenvalue weighted by atomic mass is 10.5. The SMILES string of the molecule is CC[NH+](CC)CC.S=C[S-]. The van der Waals surface area contributed by atoms with E-state index in [1.54, 1.807) is 4.90 Å². The van der Waals surface area contributed by atoms with Crippen molar-refractivity contribution in [1.29, 1.82) is 0 Å². The average molecular weight is 179 g/mol. The van der Waals surface area contributed by atoms with E-state index in [1.165, 1.54) is 24.3 Å². The highest BCUT2D eigenvalue weighted by molar-refractivity contribution is 7.97. The molecule has 0 bridgehead atoms. The second-order valence-corrected chi connectivity index (χ2v) is 2.68. The average Bonchev–Trinajstić information content (AvgIpc) is 1.93. The lowest BCUT2D eigenvalue weighted by Crippen LogP contribution is -3.11. The summed E-state index contributed by atoms with van der Waals surface area (Å²) in [5.41, 5.74) is 0. The van der Waals surface area contributed by atoms with Crippen LogP contribution in [-0.4, -0.2) is 24.3 Å². The molecule has 0 heterocycles. The van der Waals surface area contributed by atoms with Crippen molar-refractivity contribution < 1.29 is 4.90 Å². The van der Waals surface area contributed by atoms with E-state index in [-0.39, 0.29) is 0 Å². The van der Waals surface area contributed by atoms with E-state index in [0.29, 0.717) is 0 Å². The highest BCUT2D eigenvalue weighted by atomic mass is 32.1. The van der Waals surface area contributed by atoms with Crippen LogP contribution in [0.5, 0.6) is 0 Å². The Morgan fingerprint density at radius 3 is 1.40 bits per heavy atom. The third-order valence-corrected chi connectivity index (χ3v) is 1.50. The van der Waals surface area contributed by atoms with Crippen LogP contribution >= 0.6 is 12.2 Å². The Morgan fingerprint density at radius 1 is 1.20 bits per heavy atom. The summed E-state index contributed by atoms with van der Waals surface area (Å²) in [4.78, 5) is 1.68. The fourth-order valence-electron chi connectivity index (χ4n) is 0.750. The predicted octanol–water partition coefficient (Wildman–Crippen LogP) is 0.421. The van der Waals surface area contributed by atoms with Crippen LogP contribution < -0.4 is 4.90 Å². The van der Waals surface area contributed by atoms with Gasteiger partial charge in [-0.15, -0.1) is 0 Å². The van der Waals surface area contributed by atoms with E-state index >= 15 is 0 Å². The van der Waals surface area contributed by atoms with Gasteiger partial charge in [0.2, 0.25) is 0 Å². The van der Waals surface area contributed by atoms with E-state index in [0.717, 1.165) is 0 Å². The van der Waals surface area contributed by atoms with Crippen molar-refractivity contribution in [1.82, 2.24) is 0 Å². The quantitative estimate of drug-likeness (QED) is 0.495. The maximum Gasteiger partial charge on any atom is 0.0742 e. The summed E-state index contributed by atoms with van der Waals surface area (Å²) in [7, 11) is 0. The molecule has 0 spiro atoms. The summed E-state index contributed by atoms with van der Waals surface area (Å²) < 4.78 is 1.17. The van der Waals surface area contributed by atoms with Crippen LogP contribution in [0.3, 0.4) is 0 Å². The van der Waals surface area contributed by atoms with E-state index in [4.69, 9.17) is 0 Å². The number of hydrogen-bond donors (Lipinski definition) is 1. The van der Waals surface area contributed by atoms with E-state index in [2.05, 4.69) is 45.6 Å². The topological polar surface area (TPSA) is 4.44 Å². The van der Waals surface area contributed by atoms with Crippen molar-refractivity contribution in [3.63, 3.8) is 0 Å². The van der Waals surface area contributed by atoms with E-state index in [1.807, 2.05) is 0 Å². The Morgan fingerprint density at radius 2 is 1.40 bits per heavy atom. The first-order valence-electron chi connectivity index (χ1n) is 3.65. The Bertz CT molecular complexity index is 57.1. The first-order chi connectivity index (χ1) is 4.76. The fraction of sp³-hybridized carbons (Fsp3) is 0.857. The van der Waals surface area contributed by atoms with Crippen molar-refractivity contribution in [2.45, 2.75) is 20.8 Å². The molecule has 0 radical (unpaired) electrons. The number of nitrogens with one attached hydrogen (secondary N) is 1. The van der Waals surface area contributed by atoms with Gasteiger partial charge < -0.3 is 29.7 Å². The van der Waals surface area contributed by atoms with Crippen LogP contribution in [0.1, 0.15) is 20.8 Å². The van der Waals surface area contributed by atoms with Crippen molar-refractivity contribution >= 4 is 29.5 Å². The van der Waals surface area contributed by atoms with Gasteiger partial charge in [-0.1, -0.05) is 0 Å². The van der Waals surface area contributed by atoms with Crippen LogP contribution in [0.15, 0.2) is 0 Å². The number of hydrogen-bond acceptors (Lipinski definition) is 2. The Balaban J connectivity index is 0. The molecular weight excluding hydrogens is 162 g/mol. The molecule has 0 saturated carbocycles. The maximum absolute atomic E-state index is 4.08. The van der Waals surface area contributed by atoms with Crippen LogP contribution in [0, 0.1) is 0 Å². The molecule has 0 aromatic heterocycles. The van der Waals surface area contributed by atoms with Gasteiger partial charge in [0, 0.05) is 0 Å². The van der Waals surface area contributed by atoms with Crippen LogP contribution in [0.2, 0.25) is 0 Å². The fourth-order valence-corrected chi connectivity index (χ4v) is 0.750. The largest absolute Gasteiger partial charge is 0.436 e. The molecule has 0 aliphatic rings. The third kappa shape index (κ3) is 11.1. The van der Waals surface area contributed by atoms with Gasteiger partial charge in [-0.3, -0.25) is 0 Å². The number of rotatable bonds is 3. The molecule has 62 valence electrons. The summed E-state index contributed by atoms with van der Waals surface area (Å²) in [6.07, 6.45) is 0. The minimum absolute atomic E-state index is 1.17.